The summed E-state index contributed by atoms with van der Waals surface area (Å²) < 4.78 is 15.6. The number of nitrogens with zero attached hydrogens (tertiary/aromatic N) is 2. The molecule has 0 aromatic heterocycles. The molecule has 0 radical (unpaired) electrons. The molecule has 0 N–H and O–H groups in total. The molecule has 3 rings (SSSR count). The van der Waals surface area contributed by atoms with Crippen LogP contribution in [0.5, 0.6) is 0 Å². The maximum atomic E-state index is 11.5. The van der Waals surface area contributed by atoms with Crippen molar-refractivity contribution in [3.63, 3.8) is 0 Å². The monoisotopic (exact) mass is 354 g/mol. The lowest BCUT2D eigenvalue weighted by Crippen LogP contribution is -2.37. The van der Waals surface area contributed by atoms with E-state index in [9.17, 15) is 9.59 Å². The van der Waals surface area contributed by atoms with Crippen molar-refractivity contribution in [2.75, 3.05) is 26.2 Å². The summed E-state index contributed by atoms with van der Waals surface area (Å²) in [4.78, 5) is 26.2. The van der Waals surface area contributed by atoms with Crippen LogP contribution in [0.25, 0.3) is 0 Å². The number of amides is 2. The van der Waals surface area contributed by atoms with Gasteiger partial charge >= 0.3 is 12.2 Å². The topological polar surface area (TPSA) is 71.6 Å². The van der Waals surface area contributed by atoms with Gasteiger partial charge in [0, 0.05) is 13.1 Å². The van der Waals surface area contributed by atoms with Crippen molar-refractivity contribution < 1.29 is 23.8 Å². The predicted molar refractivity (Wildman–Crippen MR) is 93.4 cm³/mol. The molecule has 25 heavy (non-hydrogen) atoms. The summed E-state index contributed by atoms with van der Waals surface area (Å²) in [5, 5.41) is 0. The minimum Gasteiger partial charge on any atom is -0.444 e. The second kappa shape index (κ2) is 7.23. The standard InChI is InChI=1S/C9H15NO3.C9H15NO2/c1-9(2,3)13-8(11)10-4-6-7(5-10)12-6;1-9(2,3)12-8(11)10-6-4-5-7-10/h6-7H,4-5H2,1-3H3;4-5H,6-7H2,1-3H3. The first-order valence-corrected chi connectivity index (χ1v) is 8.71. The second-order valence-electron chi connectivity index (χ2n) is 8.46. The number of ether oxygens (including phenoxy) is 3. The van der Waals surface area contributed by atoms with Gasteiger partial charge in [0.1, 0.15) is 23.4 Å². The first-order valence-electron chi connectivity index (χ1n) is 8.71. The second-order valence-corrected chi connectivity index (χ2v) is 8.46. The first kappa shape index (κ1) is 19.6. The molecule has 2 saturated heterocycles. The molecule has 2 atom stereocenters. The van der Waals surface area contributed by atoms with Crippen molar-refractivity contribution in [2.45, 2.75) is 65.0 Å². The lowest BCUT2D eigenvalue weighted by molar-refractivity contribution is 0.0228. The Labute approximate surface area is 149 Å². The third-order valence-corrected chi connectivity index (χ3v) is 3.61. The fraction of sp³-hybridized carbons (Fsp3) is 0.778. The number of fused-ring (bicyclic) bond motifs is 1. The minimum absolute atomic E-state index is 0.219. The Morgan fingerprint density at radius 1 is 0.840 bits per heavy atom. The molecule has 0 aromatic rings. The van der Waals surface area contributed by atoms with Crippen molar-refractivity contribution in [3.8, 4) is 0 Å². The van der Waals surface area contributed by atoms with E-state index in [4.69, 9.17) is 14.2 Å². The molecule has 7 nitrogen and oxygen atoms in total. The van der Waals surface area contributed by atoms with E-state index in [1.54, 1.807) is 9.80 Å². The number of hydrogen-bond donors (Lipinski definition) is 0. The largest absolute Gasteiger partial charge is 0.444 e. The lowest BCUT2D eigenvalue weighted by Gasteiger charge is -2.24. The van der Waals surface area contributed by atoms with E-state index < -0.39 is 5.60 Å². The maximum absolute atomic E-state index is 11.5. The number of likely N-dealkylation sites (tertiary alicyclic amines) is 1. The van der Waals surface area contributed by atoms with Crippen LogP contribution in [0, 0.1) is 0 Å². The summed E-state index contributed by atoms with van der Waals surface area (Å²) in [6.07, 6.45) is 4.05. The molecule has 0 aliphatic carbocycles. The van der Waals surface area contributed by atoms with Crippen molar-refractivity contribution in [1.29, 1.82) is 0 Å². The molecule has 7 heteroatoms. The molecule has 0 saturated carbocycles. The Morgan fingerprint density at radius 3 is 1.64 bits per heavy atom. The van der Waals surface area contributed by atoms with Gasteiger partial charge in [-0.2, -0.15) is 0 Å². The van der Waals surface area contributed by atoms with E-state index >= 15 is 0 Å². The zero-order valence-corrected chi connectivity index (χ0v) is 16.1. The Hall–Kier alpha value is -1.76. The molecule has 2 unspecified atom stereocenters. The fourth-order valence-corrected chi connectivity index (χ4v) is 2.44. The van der Waals surface area contributed by atoms with E-state index in [-0.39, 0.29) is 30.0 Å². The molecule has 0 spiro atoms. The molecule has 0 aromatic carbocycles. The van der Waals surface area contributed by atoms with Crippen LogP contribution < -0.4 is 0 Å². The zero-order chi connectivity index (χ0) is 18.8. The first-order chi connectivity index (χ1) is 11.4. The molecule has 3 heterocycles. The highest BCUT2D eigenvalue weighted by atomic mass is 16.6. The predicted octanol–water partition coefficient (Wildman–Crippen LogP) is 2.80. The molecule has 3 aliphatic heterocycles. The van der Waals surface area contributed by atoms with E-state index in [1.807, 2.05) is 53.7 Å². The van der Waals surface area contributed by atoms with E-state index in [0.29, 0.717) is 26.2 Å². The van der Waals surface area contributed by atoms with Crippen LogP contribution >= 0.6 is 0 Å². The number of carbonyl (C=O) groups is 2. The molecule has 2 fully saturated rings. The minimum atomic E-state index is -0.398. The van der Waals surface area contributed by atoms with Gasteiger partial charge in [0.2, 0.25) is 0 Å². The number of hydrogen-bond acceptors (Lipinski definition) is 5. The quantitative estimate of drug-likeness (QED) is 0.494. The summed E-state index contributed by atoms with van der Waals surface area (Å²) in [5.74, 6) is 0. The average Bonchev–Trinajstić information content (AvgIpc) is 2.91. The highest BCUT2D eigenvalue weighted by molar-refractivity contribution is 5.69. The van der Waals surface area contributed by atoms with Gasteiger partial charge in [0.15, 0.2) is 0 Å². The summed E-state index contributed by atoms with van der Waals surface area (Å²) in [6.45, 7) is 14.0. The van der Waals surface area contributed by atoms with Gasteiger partial charge in [0.05, 0.1) is 13.1 Å². The van der Waals surface area contributed by atoms with Gasteiger partial charge < -0.3 is 24.0 Å². The average molecular weight is 354 g/mol. The van der Waals surface area contributed by atoms with Crippen molar-refractivity contribution in [1.82, 2.24) is 9.80 Å². The number of morpholine rings is 1. The Bertz CT molecular complexity index is 515. The van der Waals surface area contributed by atoms with Crippen LogP contribution in [0.3, 0.4) is 0 Å². The number of epoxide rings is 1. The summed E-state index contributed by atoms with van der Waals surface area (Å²) in [6, 6.07) is 0. The Kier molecular flexibility index (Phi) is 5.66. The van der Waals surface area contributed by atoms with Gasteiger partial charge in [-0.15, -0.1) is 0 Å². The third kappa shape index (κ3) is 6.57. The van der Waals surface area contributed by atoms with Gasteiger partial charge in [-0.1, -0.05) is 12.2 Å². The van der Waals surface area contributed by atoms with Gasteiger partial charge in [-0.25, -0.2) is 9.59 Å². The molecule has 142 valence electrons. The van der Waals surface area contributed by atoms with Crippen LogP contribution in [0.15, 0.2) is 12.2 Å². The van der Waals surface area contributed by atoms with Gasteiger partial charge in [0.25, 0.3) is 0 Å². The fourth-order valence-electron chi connectivity index (χ4n) is 2.44. The normalized spacial score (nSPS) is 24.4. The smallest absolute Gasteiger partial charge is 0.410 e. The SMILES string of the molecule is CC(C)(C)OC(=O)N1CC2OC2C1.CC(C)(C)OC(=O)N1CC=CC1. The lowest BCUT2D eigenvalue weighted by atomic mass is 10.2. The van der Waals surface area contributed by atoms with Crippen LogP contribution in [0.4, 0.5) is 9.59 Å². The number of rotatable bonds is 0. The van der Waals surface area contributed by atoms with Crippen molar-refractivity contribution in [2.24, 2.45) is 0 Å². The summed E-state index contributed by atoms with van der Waals surface area (Å²) in [7, 11) is 0. The number of carbonyl (C=O) groups excluding carboxylic acids is 2. The van der Waals surface area contributed by atoms with Crippen LogP contribution in [0.2, 0.25) is 0 Å². The highest BCUT2D eigenvalue weighted by Gasteiger charge is 2.49. The van der Waals surface area contributed by atoms with Crippen molar-refractivity contribution >= 4 is 12.2 Å². The van der Waals surface area contributed by atoms with Crippen LogP contribution in [-0.2, 0) is 14.2 Å². The van der Waals surface area contributed by atoms with E-state index in [2.05, 4.69) is 0 Å². The Morgan fingerprint density at radius 2 is 1.24 bits per heavy atom. The van der Waals surface area contributed by atoms with Crippen molar-refractivity contribution in [3.05, 3.63) is 12.2 Å². The van der Waals surface area contributed by atoms with Gasteiger partial charge in [-0.3, -0.25) is 0 Å². The third-order valence-electron chi connectivity index (χ3n) is 3.61. The molecule has 2 amide bonds. The summed E-state index contributed by atoms with van der Waals surface area (Å²) >= 11 is 0. The highest BCUT2D eigenvalue weighted by Crippen LogP contribution is 2.31. The van der Waals surface area contributed by atoms with Crippen LogP contribution in [-0.4, -0.2) is 71.6 Å². The maximum Gasteiger partial charge on any atom is 0.410 e. The van der Waals surface area contributed by atoms with E-state index in [1.165, 1.54) is 0 Å². The van der Waals surface area contributed by atoms with Gasteiger partial charge in [-0.05, 0) is 41.5 Å². The molecular weight excluding hydrogens is 324 g/mol. The summed E-state index contributed by atoms with van der Waals surface area (Å²) in [5.41, 5.74) is -0.787. The zero-order valence-electron chi connectivity index (χ0n) is 16.1. The van der Waals surface area contributed by atoms with Crippen LogP contribution in [0.1, 0.15) is 41.5 Å². The molecular formula is C18H30N2O5. The molecule has 0 bridgehead atoms. The van der Waals surface area contributed by atoms with E-state index in [0.717, 1.165) is 0 Å². The molecule has 3 aliphatic rings. The Balaban J connectivity index is 0.000000181.